The normalized spacial score (nSPS) is 12.3. The van der Waals surface area contributed by atoms with Crippen molar-refractivity contribution < 1.29 is 5.11 Å². The van der Waals surface area contributed by atoms with Gasteiger partial charge in [0.1, 0.15) is 0 Å². The van der Waals surface area contributed by atoms with Gasteiger partial charge in [-0.2, -0.15) is 0 Å². The summed E-state index contributed by atoms with van der Waals surface area (Å²) in [7, 11) is 2.12. The predicted octanol–water partition coefficient (Wildman–Crippen LogP) is 2.71. The second-order valence-corrected chi connectivity index (χ2v) is 5.66. The number of benzene rings is 1. The van der Waals surface area contributed by atoms with Gasteiger partial charge in [0.2, 0.25) is 0 Å². The van der Waals surface area contributed by atoms with E-state index < -0.39 is 5.60 Å². The first-order valence-electron chi connectivity index (χ1n) is 6.04. The molecule has 1 rings (SSSR count). The van der Waals surface area contributed by atoms with Crippen molar-refractivity contribution in [3.63, 3.8) is 0 Å². The summed E-state index contributed by atoms with van der Waals surface area (Å²) in [6, 6.07) is 8.39. The van der Waals surface area contributed by atoms with E-state index in [2.05, 4.69) is 38.1 Å². The van der Waals surface area contributed by atoms with Gasteiger partial charge in [-0.1, -0.05) is 49.7 Å². The van der Waals surface area contributed by atoms with Gasteiger partial charge in [-0.05, 0) is 31.1 Å². The minimum Gasteiger partial charge on any atom is -0.391 e. The van der Waals surface area contributed by atoms with Crippen molar-refractivity contribution in [1.82, 2.24) is 0 Å². The van der Waals surface area contributed by atoms with E-state index in [1.807, 2.05) is 33.8 Å². The van der Waals surface area contributed by atoms with Gasteiger partial charge < -0.3 is 5.11 Å². The van der Waals surface area contributed by atoms with Gasteiger partial charge in [-0.15, -0.1) is 6.58 Å². The fourth-order valence-electron chi connectivity index (χ4n) is 1.51. The van der Waals surface area contributed by atoms with Crippen molar-refractivity contribution >= 4 is 12.7 Å². The number of hydrogen-bond acceptors (Lipinski definition) is 1. The van der Waals surface area contributed by atoms with E-state index in [9.17, 15) is 5.11 Å². The maximum absolute atomic E-state index is 10.1. The van der Waals surface area contributed by atoms with E-state index >= 15 is 0 Å². The fourth-order valence-corrected chi connectivity index (χ4v) is 1.51. The Morgan fingerprint density at radius 1 is 1.18 bits per heavy atom. The molecule has 0 unspecified atom stereocenters. The second-order valence-electron chi connectivity index (χ2n) is 5.66. The van der Waals surface area contributed by atoms with Crippen LogP contribution in [0.1, 0.15) is 33.3 Å². The molecule has 17 heavy (non-hydrogen) atoms. The summed E-state index contributed by atoms with van der Waals surface area (Å²) in [6.07, 6.45) is 2.80. The van der Waals surface area contributed by atoms with Crippen molar-refractivity contribution in [3.05, 3.63) is 42.5 Å². The molecule has 0 heterocycles. The molecule has 1 aromatic carbocycles. The summed E-state index contributed by atoms with van der Waals surface area (Å²) < 4.78 is 0. The second kappa shape index (κ2) is 5.09. The number of rotatable bonds is 5. The molecule has 0 amide bonds. The summed E-state index contributed by atoms with van der Waals surface area (Å²) in [5.41, 5.74) is 1.68. The first-order valence-corrected chi connectivity index (χ1v) is 6.04. The van der Waals surface area contributed by atoms with Gasteiger partial charge in [0.15, 0.2) is 7.28 Å². The van der Waals surface area contributed by atoms with Crippen LogP contribution in [0, 0.1) is 0 Å². The van der Waals surface area contributed by atoms with E-state index in [0.717, 1.165) is 11.9 Å². The molecule has 0 aliphatic carbocycles. The van der Waals surface area contributed by atoms with E-state index in [0.29, 0.717) is 0 Å². The average molecular weight is 229 g/mol. The molecule has 1 aromatic rings. The molecule has 1 N–H and O–H groups in total. The Bertz CT molecular complexity index is 371. The maximum atomic E-state index is 10.1. The summed E-state index contributed by atoms with van der Waals surface area (Å²) in [5.74, 6) is 0. The van der Waals surface area contributed by atoms with Gasteiger partial charge in [0, 0.05) is 0 Å². The molecule has 0 atom stereocenters. The first-order chi connectivity index (χ1) is 7.76. The average Bonchev–Trinajstić information content (AvgIpc) is 2.19. The molecule has 0 saturated carbocycles. The molecule has 0 aliphatic heterocycles. The zero-order valence-electron chi connectivity index (χ0n) is 11.3. The van der Waals surface area contributed by atoms with Crippen LogP contribution in [0.3, 0.4) is 0 Å². The Morgan fingerprint density at radius 2 is 1.71 bits per heavy atom. The SMILES string of the molecule is C=CCc1ccc([B]C(C)(C)C(C)(C)O)cc1. The Labute approximate surface area is 106 Å². The third-order valence-corrected chi connectivity index (χ3v) is 3.46. The van der Waals surface area contributed by atoms with Crippen LogP contribution in [0.25, 0.3) is 0 Å². The van der Waals surface area contributed by atoms with Gasteiger partial charge >= 0.3 is 0 Å². The number of aliphatic hydroxyl groups is 1. The molecular formula is C15H22BO. The highest BCUT2D eigenvalue weighted by molar-refractivity contribution is 6.57. The lowest BCUT2D eigenvalue weighted by Crippen LogP contribution is -2.41. The van der Waals surface area contributed by atoms with E-state index in [1.54, 1.807) is 0 Å². The molecule has 0 spiro atoms. The Balaban J connectivity index is 2.79. The molecular weight excluding hydrogens is 207 g/mol. The summed E-state index contributed by atoms with van der Waals surface area (Å²) in [6.45, 7) is 11.5. The van der Waals surface area contributed by atoms with Crippen LogP contribution in [0.15, 0.2) is 36.9 Å². The fraction of sp³-hybridized carbons (Fsp3) is 0.467. The molecule has 0 aromatic heterocycles. The highest BCUT2D eigenvalue weighted by atomic mass is 16.3. The molecule has 1 nitrogen and oxygen atoms in total. The van der Waals surface area contributed by atoms with Crippen molar-refractivity contribution in [1.29, 1.82) is 0 Å². The zero-order valence-corrected chi connectivity index (χ0v) is 11.3. The van der Waals surface area contributed by atoms with Gasteiger partial charge in [-0.25, -0.2) is 0 Å². The van der Waals surface area contributed by atoms with Crippen molar-refractivity contribution in [2.24, 2.45) is 0 Å². The minimum absolute atomic E-state index is 0.257. The van der Waals surface area contributed by atoms with E-state index in [4.69, 9.17) is 0 Å². The highest BCUT2D eigenvalue weighted by Crippen LogP contribution is 2.36. The first kappa shape index (κ1) is 14.0. The van der Waals surface area contributed by atoms with Crippen LogP contribution in [0.2, 0.25) is 5.31 Å². The highest BCUT2D eigenvalue weighted by Gasteiger charge is 2.35. The monoisotopic (exact) mass is 229 g/mol. The van der Waals surface area contributed by atoms with E-state index in [1.165, 1.54) is 5.56 Å². The third-order valence-electron chi connectivity index (χ3n) is 3.46. The number of allylic oxidation sites excluding steroid dienone is 1. The molecule has 91 valence electrons. The molecule has 0 bridgehead atoms. The van der Waals surface area contributed by atoms with Crippen LogP contribution in [-0.2, 0) is 6.42 Å². The maximum Gasteiger partial charge on any atom is 0.161 e. The molecule has 2 heteroatoms. The van der Waals surface area contributed by atoms with Crippen LogP contribution >= 0.6 is 0 Å². The smallest absolute Gasteiger partial charge is 0.161 e. The number of hydrogen-bond donors (Lipinski definition) is 1. The standard InChI is InChI=1S/C15H22BO/c1-6-7-12-8-10-13(11-9-12)16-14(2,3)15(4,5)17/h6,8-11,17H,1,7H2,2-5H3. The van der Waals surface area contributed by atoms with Crippen LogP contribution < -0.4 is 5.46 Å². The minimum atomic E-state index is -0.729. The van der Waals surface area contributed by atoms with Crippen molar-refractivity contribution in [2.45, 2.75) is 45.0 Å². The summed E-state index contributed by atoms with van der Waals surface area (Å²) in [5, 5.41) is 9.84. The lowest BCUT2D eigenvalue weighted by Gasteiger charge is -2.37. The molecule has 0 saturated heterocycles. The molecule has 0 aliphatic rings. The van der Waals surface area contributed by atoms with Crippen LogP contribution in [0.5, 0.6) is 0 Å². The predicted molar refractivity (Wildman–Crippen MR) is 76.1 cm³/mol. The van der Waals surface area contributed by atoms with Gasteiger partial charge in [0.05, 0.1) is 5.60 Å². The Morgan fingerprint density at radius 3 is 2.12 bits per heavy atom. The summed E-state index contributed by atoms with van der Waals surface area (Å²) in [4.78, 5) is 0. The van der Waals surface area contributed by atoms with Crippen LogP contribution in [-0.4, -0.2) is 18.0 Å². The summed E-state index contributed by atoms with van der Waals surface area (Å²) >= 11 is 0. The lowest BCUT2D eigenvalue weighted by molar-refractivity contribution is 0.0410. The quantitative estimate of drug-likeness (QED) is 0.608. The van der Waals surface area contributed by atoms with Crippen molar-refractivity contribution in [2.75, 3.05) is 0 Å². The lowest BCUT2D eigenvalue weighted by atomic mass is 9.45. The molecule has 0 fully saturated rings. The Kier molecular flexibility index (Phi) is 4.21. The molecule has 1 radical (unpaired) electrons. The topological polar surface area (TPSA) is 20.2 Å². The Hall–Kier alpha value is -1.02. The van der Waals surface area contributed by atoms with Crippen LogP contribution in [0.4, 0.5) is 0 Å². The van der Waals surface area contributed by atoms with Crippen molar-refractivity contribution in [3.8, 4) is 0 Å². The van der Waals surface area contributed by atoms with Gasteiger partial charge in [-0.3, -0.25) is 0 Å². The zero-order chi connectivity index (χ0) is 13.1. The largest absolute Gasteiger partial charge is 0.391 e. The third kappa shape index (κ3) is 3.74. The van der Waals surface area contributed by atoms with E-state index in [-0.39, 0.29) is 5.31 Å². The van der Waals surface area contributed by atoms with Gasteiger partial charge in [0.25, 0.3) is 0 Å².